The number of hydrogen-bond acceptors (Lipinski definition) is 5. The van der Waals surface area contributed by atoms with Crippen molar-refractivity contribution in [3.8, 4) is 0 Å². The van der Waals surface area contributed by atoms with E-state index in [0.29, 0.717) is 6.61 Å². The Morgan fingerprint density at radius 2 is 1.69 bits per heavy atom. The van der Waals surface area contributed by atoms with Crippen LogP contribution < -0.4 is 5.73 Å². The first-order valence-corrected chi connectivity index (χ1v) is 5.69. The fraction of sp³-hybridized carbons (Fsp3) is 1.00. The van der Waals surface area contributed by atoms with Gasteiger partial charge in [0.25, 0.3) is 0 Å². The minimum atomic E-state index is 0.0596. The van der Waals surface area contributed by atoms with Gasteiger partial charge in [0, 0.05) is 53.6 Å². The van der Waals surface area contributed by atoms with Crippen molar-refractivity contribution in [3.05, 3.63) is 0 Å². The van der Waals surface area contributed by atoms with E-state index >= 15 is 0 Å². The Kier molecular flexibility index (Phi) is 11.1. The van der Waals surface area contributed by atoms with Crippen LogP contribution in [0, 0.1) is 0 Å². The second-order valence-electron chi connectivity index (χ2n) is 3.86. The highest BCUT2D eigenvalue weighted by molar-refractivity contribution is 4.68. The zero-order valence-corrected chi connectivity index (χ0v) is 10.8. The molecule has 0 aliphatic carbocycles. The summed E-state index contributed by atoms with van der Waals surface area (Å²) in [5, 5.41) is 0. The van der Waals surface area contributed by atoms with Crippen molar-refractivity contribution >= 4 is 0 Å². The first kappa shape index (κ1) is 15.8. The number of nitrogens with two attached hydrogens (primary N) is 1. The van der Waals surface area contributed by atoms with Crippen molar-refractivity contribution in [3.63, 3.8) is 0 Å². The van der Waals surface area contributed by atoms with Crippen LogP contribution in [-0.4, -0.2) is 71.7 Å². The molecule has 1 atom stereocenters. The molecule has 2 N–H and O–H groups in total. The molecule has 0 spiro atoms. The summed E-state index contributed by atoms with van der Waals surface area (Å²) in [4.78, 5) is 2.28. The largest absolute Gasteiger partial charge is 0.385 e. The Bertz CT molecular complexity index is 147. The van der Waals surface area contributed by atoms with Crippen molar-refractivity contribution in [2.24, 2.45) is 5.73 Å². The van der Waals surface area contributed by atoms with E-state index in [-0.39, 0.29) is 6.04 Å². The Labute approximate surface area is 98.8 Å². The van der Waals surface area contributed by atoms with Gasteiger partial charge < -0.3 is 19.9 Å². The standard InChI is InChI=1S/C11H26N2O3/c1-14-7-4-5-13(6-8-15-2)9-11(12)10-16-3/h11H,4-10,12H2,1-3H3. The van der Waals surface area contributed by atoms with Crippen molar-refractivity contribution in [2.45, 2.75) is 12.5 Å². The molecule has 0 aromatic rings. The summed E-state index contributed by atoms with van der Waals surface area (Å²) < 4.78 is 15.1. The average Bonchev–Trinajstić information content (AvgIpc) is 2.26. The van der Waals surface area contributed by atoms with Crippen molar-refractivity contribution in [2.75, 3.05) is 60.8 Å². The number of rotatable bonds is 11. The molecular formula is C11H26N2O3. The molecule has 0 saturated carbocycles. The molecule has 0 radical (unpaired) electrons. The van der Waals surface area contributed by atoms with E-state index in [1.165, 1.54) is 0 Å². The highest BCUT2D eigenvalue weighted by atomic mass is 16.5. The van der Waals surface area contributed by atoms with Crippen LogP contribution in [0.1, 0.15) is 6.42 Å². The maximum atomic E-state index is 5.92. The Balaban J connectivity index is 3.78. The van der Waals surface area contributed by atoms with Crippen LogP contribution in [0.2, 0.25) is 0 Å². The molecular weight excluding hydrogens is 208 g/mol. The summed E-state index contributed by atoms with van der Waals surface area (Å²) in [6, 6.07) is 0.0596. The summed E-state index contributed by atoms with van der Waals surface area (Å²) in [5.41, 5.74) is 5.92. The SMILES string of the molecule is COCCCN(CCOC)CC(N)COC. The molecule has 0 saturated heterocycles. The zero-order chi connectivity index (χ0) is 12.2. The Morgan fingerprint density at radius 3 is 2.25 bits per heavy atom. The highest BCUT2D eigenvalue weighted by Gasteiger charge is 2.09. The van der Waals surface area contributed by atoms with Gasteiger partial charge in [-0.2, -0.15) is 0 Å². The van der Waals surface area contributed by atoms with Crippen molar-refractivity contribution in [1.82, 2.24) is 4.90 Å². The third-order valence-corrected chi connectivity index (χ3v) is 2.31. The molecule has 0 fully saturated rings. The third-order valence-electron chi connectivity index (χ3n) is 2.31. The second-order valence-corrected chi connectivity index (χ2v) is 3.86. The molecule has 0 aliphatic rings. The van der Waals surface area contributed by atoms with Gasteiger partial charge in [-0.1, -0.05) is 0 Å². The predicted molar refractivity (Wildman–Crippen MR) is 64.7 cm³/mol. The lowest BCUT2D eigenvalue weighted by Crippen LogP contribution is -2.42. The van der Waals surface area contributed by atoms with E-state index in [2.05, 4.69) is 4.90 Å². The predicted octanol–water partition coefficient (Wildman–Crippen LogP) is -0.0550. The van der Waals surface area contributed by atoms with E-state index in [0.717, 1.165) is 39.3 Å². The lowest BCUT2D eigenvalue weighted by molar-refractivity contribution is 0.113. The summed E-state index contributed by atoms with van der Waals surface area (Å²) in [6.07, 6.45) is 1.01. The van der Waals surface area contributed by atoms with Gasteiger partial charge in [0.2, 0.25) is 0 Å². The van der Waals surface area contributed by atoms with Crippen molar-refractivity contribution in [1.29, 1.82) is 0 Å². The molecule has 16 heavy (non-hydrogen) atoms. The second kappa shape index (κ2) is 11.3. The van der Waals surface area contributed by atoms with Gasteiger partial charge in [-0.05, 0) is 6.42 Å². The number of methoxy groups -OCH3 is 3. The molecule has 5 nitrogen and oxygen atoms in total. The van der Waals surface area contributed by atoms with Crippen molar-refractivity contribution < 1.29 is 14.2 Å². The molecule has 0 heterocycles. The van der Waals surface area contributed by atoms with E-state index in [4.69, 9.17) is 19.9 Å². The van der Waals surface area contributed by atoms with E-state index < -0.39 is 0 Å². The monoisotopic (exact) mass is 234 g/mol. The Hall–Kier alpha value is -0.200. The van der Waals surface area contributed by atoms with E-state index in [9.17, 15) is 0 Å². The summed E-state index contributed by atoms with van der Waals surface area (Å²) in [6.45, 7) is 4.82. The minimum Gasteiger partial charge on any atom is -0.385 e. The van der Waals surface area contributed by atoms with Gasteiger partial charge >= 0.3 is 0 Å². The van der Waals surface area contributed by atoms with Gasteiger partial charge in [-0.15, -0.1) is 0 Å². The minimum absolute atomic E-state index is 0.0596. The van der Waals surface area contributed by atoms with Crippen LogP contribution in [-0.2, 0) is 14.2 Å². The number of ether oxygens (including phenoxy) is 3. The van der Waals surface area contributed by atoms with Crippen LogP contribution in [0.15, 0.2) is 0 Å². The first-order valence-electron chi connectivity index (χ1n) is 5.69. The number of nitrogens with zero attached hydrogens (tertiary/aromatic N) is 1. The van der Waals surface area contributed by atoms with Gasteiger partial charge in [-0.3, -0.25) is 4.90 Å². The summed E-state index contributed by atoms with van der Waals surface area (Å²) in [5.74, 6) is 0. The van der Waals surface area contributed by atoms with Crippen LogP contribution >= 0.6 is 0 Å². The molecule has 0 amide bonds. The summed E-state index contributed by atoms with van der Waals surface area (Å²) >= 11 is 0. The topological polar surface area (TPSA) is 57.0 Å². The van der Waals surface area contributed by atoms with E-state index in [1.807, 2.05) is 0 Å². The van der Waals surface area contributed by atoms with Crippen LogP contribution in [0.25, 0.3) is 0 Å². The molecule has 0 bridgehead atoms. The molecule has 98 valence electrons. The first-order chi connectivity index (χ1) is 7.74. The quantitative estimate of drug-likeness (QED) is 0.508. The zero-order valence-electron chi connectivity index (χ0n) is 10.8. The molecule has 0 aromatic carbocycles. The fourth-order valence-corrected chi connectivity index (χ4v) is 1.55. The molecule has 5 heteroatoms. The van der Waals surface area contributed by atoms with Crippen LogP contribution in [0.5, 0.6) is 0 Å². The highest BCUT2D eigenvalue weighted by Crippen LogP contribution is 1.95. The maximum Gasteiger partial charge on any atom is 0.0626 e. The lowest BCUT2D eigenvalue weighted by Gasteiger charge is -2.24. The normalized spacial score (nSPS) is 13.3. The fourth-order valence-electron chi connectivity index (χ4n) is 1.55. The number of hydrogen-bond donors (Lipinski definition) is 1. The molecule has 0 aromatic heterocycles. The molecule has 0 aliphatic heterocycles. The van der Waals surface area contributed by atoms with E-state index in [1.54, 1.807) is 21.3 Å². The maximum absolute atomic E-state index is 5.92. The summed E-state index contributed by atoms with van der Waals surface area (Å²) in [7, 11) is 5.10. The third kappa shape index (κ3) is 9.06. The van der Waals surface area contributed by atoms with Gasteiger partial charge in [0.15, 0.2) is 0 Å². The van der Waals surface area contributed by atoms with Gasteiger partial charge in [-0.25, -0.2) is 0 Å². The molecule has 0 rings (SSSR count). The van der Waals surface area contributed by atoms with Gasteiger partial charge in [0.05, 0.1) is 13.2 Å². The smallest absolute Gasteiger partial charge is 0.0626 e. The van der Waals surface area contributed by atoms with Gasteiger partial charge in [0.1, 0.15) is 0 Å². The van der Waals surface area contributed by atoms with Crippen LogP contribution in [0.3, 0.4) is 0 Å². The van der Waals surface area contributed by atoms with Crippen LogP contribution in [0.4, 0.5) is 0 Å². The Morgan fingerprint density at radius 1 is 1.00 bits per heavy atom. The lowest BCUT2D eigenvalue weighted by atomic mass is 10.3. The molecule has 1 unspecified atom stereocenters. The average molecular weight is 234 g/mol.